The number of sulfonamides is 1. The van der Waals surface area contributed by atoms with E-state index in [0.717, 1.165) is 33.2 Å². The van der Waals surface area contributed by atoms with Crippen LogP contribution in [0.5, 0.6) is 0 Å². The maximum Gasteiger partial charge on any atom is 0.253 e. The quantitative estimate of drug-likeness (QED) is 0.494. The number of carbonyl (C=O) groups is 1. The number of benzene rings is 3. The van der Waals surface area contributed by atoms with Gasteiger partial charge in [-0.3, -0.25) is 4.79 Å². The van der Waals surface area contributed by atoms with Gasteiger partial charge in [0.2, 0.25) is 5.91 Å². The van der Waals surface area contributed by atoms with Crippen molar-refractivity contribution in [3.05, 3.63) is 95.4 Å². The summed E-state index contributed by atoms with van der Waals surface area (Å²) in [6.07, 6.45) is 0.331. The second-order valence-electron chi connectivity index (χ2n) is 7.49. The molecule has 31 heavy (non-hydrogen) atoms. The Kier molecular flexibility index (Phi) is 5.09. The summed E-state index contributed by atoms with van der Waals surface area (Å²) in [5.74, 6) is -0.328. The molecular formula is C24H20N2O3S2. The third-order valence-corrected chi connectivity index (χ3v) is 8.84. The van der Waals surface area contributed by atoms with Gasteiger partial charge in [0, 0.05) is 17.6 Å². The maximum atomic E-state index is 13.4. The molecule has 0 spiro atoms. The minimum absolute atomic E-state index is 0.171. The fourth-order valence-corrected chi connectivity index (χ4v) is 6.74. The van der Waals surface area contributed by atoms with Crippen LogP contribution in [0.4, 0.5) is 5.69 Å². The third-order valence-electron chi connectivity index (χ3n) is 5.61. The van der Waals surface area contributed by atoms with Gasteiger partial charge >= 0.3 is 0 Å². The van der Waals surface area contributed by atoms with Crippen molar-refractivity contribution in [2.24, 2.45) is 0 Å². The predicted molar refractivity (Wildman–Crippen MR) is 124 cm³/mol. The van der Waals surface area contributed by atoms with E-state index in [9.17, 15) is 13.2 Å². The minimum atomic E-state index is -3.80. The number of fused-ring (bicyclic) bond motifs is 2. The molecule has 1 aliphatic rings. The van der Waals surface area contributed by atoms with Crippen molar-refractivity contribution >= 4 is 43.7 Å². The second kappa shape index (κ2) is 7.92. The zero-order valence-corrected chi connectivity index (χ0v) is 18.2. The van der Waals surface area contributed by atoms with Gasteiger partial charge in [0.15, 0.2) is 0 Å². The summed E-state index contributed by atoms with van der Waals surface area (Å²) < 4.78 is 28.4. The van der Waals surface area contributed by atoms with Crippen LogP contribution < -0.4 is 5.32 Å². The van der Waals surface area contributed by atoms with E-state index in [0.29, 0.717) is 12.1 Å². The molecular weight excluding hydrogens is 428 g/mol. The number of nitrogens with one attached hydrogen (secondary N) is 1. The Morgan fingerprint density at radius 3 is 2.45 bits per heavy atom. The fraction of sp³-hybridized carbons (Fsp3) is 0.125. The first kappa shape index (κ1) is 19.9. The second-order valence-corrected chi connectivity index (χ2v) is 10.6. The van der Waals surface area contributed by atoms with Crippen molar-refractivity contribution in [3.63, 3.8) is 0 Å². The molecule has 7 heteroatoms. The normalized spacial score (nSPS) is 16.7. The summed E-state index contributed by atoms with van der Waals surface area (Å²) in [5.41, 5.74) is 2.60. The van der Waals surface area contributed by atoms with Gasteiger partial charge in [-0.1, -0.05) is 66.7 Å². The van der Waals surface area contributed by atoms with Gasteiger partial charge in [-0.25, -0.2) is 8.42 Å². The van der Waals surface area contributed by atoms with Crippen molar-refractivity contribution in [1.29, 1.82) is 0 Å². The van der Waals surface area contributed by atoms with Crippen molar-refractivity contribution in [1.82, 2.24) is 4.31 Å². The Balaban J connectivity index is 1.53. The Morgan fingerprint density at radius 1 is 0.903 bits per heavy atom. The van der Waals surface area contributed by atoms with Gasteiger partial charge in [0.25, 0.3) is 10.0 Å². The van der Waals surface area contributed by atoms with Crippen LogP contribution in [-0.4, -0.2) is 24.7 Å². The van der Waals surface area contributed by atoms with Crippen LogP contribution in [0.25, 0.3) is 10.8 Å². The fourth-order valence-electron chi connectivity index (χ4n) is 4.05. The lowest BCUT2D eigenvalue weighted by Gasteiger charge is -2.34. The molecule has 0 fully saturated rings. The molecule has 5 rings (SSSR count). The molecule has 0 saturated heterocycles. The van der Waals surface area contributed by atoms with E-state index >= 15 is 0 Å². The highest BCUT2D eigenvalue weighted by Gasteiger charge is 2.40. The number of amides is 1. The van der Waals surface area contributed by atoms with E-state index < -0.39 is 16.1 Å². The van der Waals surface area contributed by atoms with E-state index in [1.165, 1.54) is 4.31 Å². The maximum absolute atomic E-state index is 13.4. The van der Waals surface area contributed by atoms with Crippen LogP contribution in [0, 0.1) is 0 Å². The van der Waals surface area contributed by atoms with Gasteiger partial charge in [-0.05, 0) is 40.4 Å². The van der Waals surface area contributed by atoms with Crippen molar-refractivity contribution < 1.29 is 13.2 Å². The highest BCUT2D eigenvalue weighted by molar-refractivity contribution is 7.91. The van der Waals surface area contributed by atoms with E-state index in [4.69, 9.17) is 0 Å². The average Bonchev–Trinajstić information content (AvgIpc) is 3.34. The van der Waals surface area contributed by atoms with Crippen LogP contribution in [-0.2, 0) is 27.8 Å². The van der Waals surface area contributed by atoms with Gasteiger partial charge < -0.3 is 5.32 Å². The molecule has 156 valence electrons. The molecule has 0 aliphatic carbocycles. The van der Waals surface area contributed by atoms with Crippen LogP contribution in [0.2, 0.25) is 0 Å². The highest BCUT2D eigenvalue weighted by Crippen LogP contribution is 2.32. The first-order valence-electron chi connectivity index (χ1n) is 9.95. The number of rotatable bonds is 4. The Morgan fingerprint density at radius 2 is 1.65 bits per heavy atom. The van der Waals surface area contributed by atoms with E-state index in [-0.39, 0.29) is 16.7 Å². The molecule has 2 heterocycles. The molecule has 0 bridgehead atoms. The van der Waals surface area contributed by atoms with Crippen molar-refractivity contribution in [2.45, 2.75) is 23.2 Å². The predicted octanol–water partition coefficient (Wildman–Crippen LogP) is 4.66. The SMILES string of the molecule is O=C(Nc1cccc2ccccc12)C1Cc2ccccc2CN1S(=O)(=O)c1cccs1. The monoisotopic (exact) mass is 448 g/mol. The van der Waals surface area contributed by atoms with Crippen LogP contribution in [0.15, 0.2) is 88.5 Å². The molecule has 1 unspecified atom stereocenters. The smallest absolute Gasteiger partial charge is 0.253 e. The van der Waals surface area contributed by atoms with Gasteiger partial charge in [0.05, 0.1) is 0 Å². The molecule has 1 aromatic heterocycles. The van der Waals surface area contributed by atoms with Gasteiger partial charge in [0.1, 0.15) is 10.3 Å². The zero-order valence-electron chi connectivity index (χ0n) is 16.6. The molecule has 3 aromatic carbocycles. The highest BCUT2D eigenvalue weighted by atomic mass is 32.2. The molecule has 1 atom stereocenters. The average molecular weight is 449 g/mol. The standard InChI is InChI=1S/C24H20N2O3S2/c27-24(25-21-12-5-10-17-7-3-4-11-20(17)21)22-15-18-8-1-2-9-19(18)16-26(22)31(28,29)23-13-6-14-30-23/h1-14,22H,15-16H2,(H,25,27). The van der Waals surface area contributed by atoms with E-state index in [1.807, 2.05) is 66.7 Å². The summed E-state index contributed by atoms with van der Waals surface area (Å²) in [6, 6.07) is 23.7. The first-order chi connectivity index (χ1) is 15.0. The lowest BCUT2D eigenvalue weighted by molar-refractivity contribution is -0.120. The first-order valence-corrected chi connectivity index (χ1v) is 12.3. The van der Waals surface area contributed by atoms with Crippen LogP contribution in [0.3, 0.4) is 0 Å². The number of carbonyl (C=O) groups excluding carboxylic acids is 1. The third kappa shape index (κ3) is 3.65. The summed E-state index contributed by atoms with van der Waals surface area (Å²) in [4.78, 5) is 13.4. The summed E-state index contributed by atoms with van der Waals surface area (Å²) in [5, 5.41) is 6.65. The van der Waals surface area contributed by atoms with Crippen molar-refractivity contribution in [2.75, 3.05) is 5.32 Å². The summed E-state index contributed by atoms with van der Waals surface area (Å²) in [7, 11) is -3.80. The Bertz CT molecular complexity index is 1360. The van der Waals surface area contributed by atoms with Crippen molar-refractivity contribution in [3.8, 4) is 0 Å². The van der Waals surface area contributed by atoms with Gasteiger partial charge in [-0.2, -0.15) is 4.31 Å². The Hall–Kier alpha value is -3.00. The number of hydrogen-bond acceptors (Lipinski definition) is 4. The number of thiophene rings is 1. The molecule has 1 amide bonds. The largest absolute Gasteiger partial charge is 0.324 e. The molecule has 1 aliphatic heterocycles. The summed E-state index contributed by atoms with van der Waals surface area (Å²) >= 11 is 1.16. The molecule has 0 radical (unpaired) electrons. The molecule has 4 aromatic rings. The number of hydrogen-bond donors (Lipinski definition) is 1. The zero-order chi connectivity index (χ0) is 21.4. The molecule has 1 N–H and O–H groups in total. The molecule has 5 nitrogen and oxygen atoms in total. The number of anilines is 1. The topological polar surface area (TPSA) is 66.5 Å². The lowest BCUT2D eigenvalue weighted by Crippen LogP contribution is -2.50. The van der Waals surface area contributed by atoms with E-state index in [2.05, 4.69) is 5.32 Å². The minimum Gasteiger partial charge on any atom is -0.324 e. The Labute approximate surface area is 185 Å². The summed E-state index contributed by atoms with van der Waals surface area (Å²) in [6.45, 7) is 0.171. The van der Waals surface area contributed by atoms with Gasteiger partial charge in [-0.15, -0.1) is 11.3 Å². The number of nitrogens with zero attached hydrogens (tertiary/aromatic N) is 1. The molecule has 0 saturated carbocycles. The van der Waals surface area contributed by atoms with Crippen LogP contribution in [0.1, 0.15) is 11.1 Å². The van der Waals surface area contributed by atoms with E-state index in [1.54, 1.807) is 17.5 Å². The lowest BCUT2D eigenvalue weighted by atomic mass is 9.95. The van der Waals surface area contributed by atoms with Crippen LogP contribution >= 0.6 is 11.3 Å².